The van der Waals surface area contributed by atoms with Gasteiger partial charge in [0.1, 0.15) is 12.4 Å². The maximum atomic E-state index is 12.6. The van der Waals surface area contributed by atoms with E-state index >= 15 is 0 Å². The van der Waals surface area contributed by atoms with Gasteiger partial charge in [-0.05, 0) is 74.9 Å². The Morgan fingerprint density at radius 1 is 0.896 bits per heavy atom. The molecule has 4 rings (SSSR count). The number of pyridine rings is 1. The van der Waals surface area contributed by atoms with Crippen LogP contribution in [0.3, 0.4) is 0 Å². The SMILES string of the molecule is CC(C)N(C(C)C)P(OCCC#N)OCCCCCCNC(=O)c1ccc(NNC(=O)OCC2c3ccccc3-c3ccccc32)nc1. The number of carbonyl (C=O) groups is 2. The summed E-state index contributed by atoms with van der Waals surface area (Å²) in [5, 5.41) is 11.8. The molecule has 3 aromatic rings. The minimum atomic E-state index is -1.22. The molecule has 1 aliphatic carbocycles. The Morgan fingerprint density at radius 2 is 1.54 bits per heavy atom. The van der Waals surface area contributed by atoms with Crippen molar-refractivity contribution in [2.24, 2.45) is 0 Å². The number of hydrazine groups is 1. The van der Waals surface area contributed by atoms with E-state index in [2.05, 4.69) is 83.9 Å². The van der Waals surface area contributed by atoms with Crippen molar-refractivity contribution >= 4 is 26.3 Å². The quantitative estimate of drug-likeness (QED) is 0.0669. The number of aromatic nitrogens is 1. The minimum Gasteiger partial charge on any atom is -0.447 e. The molecule has 48 heavy (non-hydrogen) atoms. The zero-order chi connectivity index (χ0) is 34.3. The number of carbonyl (C=O) groups excluding carboxylic acids is 2. The third-order valence-corrected chi connectivity index (χ3v) is 9.99. The molecule has 0 bridgehead atoms. The molecule has 2 amide bonds. The third kappa shape index (κ3) is 10.5. The van der Waals surface area contributed by atoms with Crippen LogP contribution in [0.4, 0.5) is 10.6 Å². The van der Waals surface area contributed by atoms with Gasteiger partial charge in [-0.15, -0.1) is 0 Å². The molecule has 0 fully saturated rings. The van der Waals surface area contributed by atoms with Crippen LogP contribution in [0.15, 0.2) is 66.9 Å². The second kappa shape index (κ2) is 19.1. The Balaban J connectivity index is 1.10. The van der Waals surface area contributed by atoms with Crippen LogP contribution >= 0.6 is 8.53 Å². The Labute approximate surface area is 285 Å². The molecular weight excluding hydrogens is 627 g/mol. The van der Waals surface area contributed by atoms with Crippen molar-refractivity contribution in [3.63, 3.8) is 0 Å². The van der Waals surface area contributed by atoms with Gasteiger partial charge in [-0.2, -0.15) is 5.26 Å². The first-order valence-electron chi connectivity index (χ1n) is 16.6. The Bertz CT molecular complexity index is 1460. The molecule has 1 aliphatic rings. The van der Waals surface area contributed by atoms with Crippen molar-refractivity contribution in [3.05, 3.63) is 83.6 Å². The highest BCUT2D eigenvalue weighted by Crippen LogP contribution is 2.46. The predicted molar refractivity (Wildman–Crippen MR) is 188 cm³/mol. The molecule has 3 N–H and O–H groups in total. The van der Waals surface area contributed by atoms with Gasteiger partial charge in [0.2, 0.25) is 0 Å². The summed E-state index contributed by atoms with van der Waals surface area (Å²) < 4.78 is 19.8. The fraction of sp³-hybridized carbons (Fsp3) is 0.444. The summed E-state index contributed by atoms with van der Waals surface area (Å²) in [6, 6.07) is 22.3. The number of nitrogens with one attached hydrogen (secondary N) is 3. The van der Waals surface area contributed by atoms with Gasteiger partial charge < -0.3 is 19.1 Å². The number of hydrogen-bond donors (Lipinski definition) is 3. The molecule has 1 atom stereocenters. The largest absolute Gasteiger partial charge is 0.447 e. The molecule has 0 spiro atoms. The second-order valence-corrected chi connectivity index (χ2v) is 13.5. The predicted octanol–water partition coefficient (Wildman–Crippen LogP) is 7.53. The third-order valence-electron chi connectivity index (χ3n) is 7.88. The molecule has 0 saturated heterocycles. The zero-order valence-corrected chi connectivity index (χ0v) is 29.2. The van der Waals surface area contributed by atoms with Gasteiger partial charge in [0.05, 0.1) is 31.3 Å². The van der Waals surface area contributed by atoms with Crippen LogP contribution in [0.25, 0.3) is 11.1 Å². The number of rotatable bonds is 19. The number of benzene rings is 2. The number of ether oxygens (including phenoxy) is 1. The Kier molecular flexibility index (Phi) is 14.6. The van der Waals surface area contributed by atoms with Crippen molar-refractivity contribution in [1.82, 2.24) is 20.4 Å². The van der Waals surface area contributed by atoms with Crippen molar-refractivity contribution in [3.8, 4) is 17.2 Å². The molecule has 12 heteroatoms. The van der Waals surface area contributed by atoms with Crippen molar-refractivity contribution in [2.75, 3.05) is 31.8 Å². The van der Waals surface area contributed by atoms with E-state index in [1.165, 1.54) is 17.3 Å². The smallest absolute Gasteiger partial charge is 0.426 e. The summed E-state index contributed by atoms with van der Waals surface area (Å²) in [6.45, 7) is 10.2. The van der Waals surface area contributed by atoms with Crippen molar-refractivity contribution < 1.29 is 23.4 Å². The maximum Gasteiger partial charge on any atom is 0.426 e. The number of amides is 2. The lowest BCUT2D eigenvalue weighted by Crippen LogP contribution is -2.33. The number of nitrogens with zero attached hydrogens (tertiary/aromatic N) is 3. The van der Waals surface area contributed by atoms with Gasteiger partial charge >= 0.3 is 6.09 Å². The standard InChI is InChI=1S/C36H47N6O5P/c1-26(2)42(27(3)4)48(47-23-13-20-37)46-22-12-6-5-11-21-38-35(43)28-18-19-34(39-24-28)40-41-36(44)45-25-33-31-16-9-7-14-29(31)30-15-8-10-17-32(30)33/h7-10,14-19,24,26-27,33H,5-6,11-13,21-23,25H2,1-4H3,(H,38,43)(H,39,40)(H,41,44). The molecule has 1 unspecified atom stereocenters. The highest BCUT2D eigenvalue weighted by molar-refractivity contribution is 7.44. The number of anilines is 1. The molecule has 0 saturated carbocycles. The summed E-state index contributed by atoms with van der Waals surface area (Å²) in [5.41, 5.74) is 10.3. The normalized spacial score (nSPS) is 12.8. The fourth-order valence-corrected chi connectivity index (χ4v) is 7.32. The maximum absolute atomic E-state index is 12.6. The van der Waals surface area contributed by atoms with E-state index < -0.39 is 14.6 Å². The number of fused-ring (bicyclic) bond motifs is 3. The number of unbranched alkanes of at least 4 members (excludes halogenated alkanes) is 3. The summed E-state index contributed by atoms with van der Waals surface area (Å²) >= 11 is 0. The average Bonchev–Trinajstić information content (AvgIpc) is 3.40. The van der Waals surface area contributed by atoms with Crippen LogP contribution in [-0.2, 0) is 13.8 Å². The first kappa shape index (κ1) is 36.8. The molecule has 11 nitrogen and oxygen atoms in total. The monoisotopic (exact) mass is 674 g/mol. The molecule has 256 valence electrons. The molecule has 1 heterocycles. The topological polar surface area (TPSA) is 138 Å². The lowest BCUT2D eigenvalue weighted by Gasteiger charge is -2.35. The molecule has 0 radical (unpaired) electrons. The van der Waals surface area contributed by atoms with Gasteiger partial charge in [-0.3, -0.25) is 10.2 Å². The summed E-state index contributed by atoms with van der Waals surface area (Å²) in [7, 11) is -1.22. The zero-order valence-electron chi connectivity index (χ0n) is 28.3. The Hall–Kier alpha value is -4.07. The fourth-order valence-electron chi connectivity index (χ4n) is 5.69. The van der Waals surface area contributed by atoms with Gasteiger partial charge in [-0.25, -0.2) is 19.9 Å². The van der Waals surface area contributed by atoms with E-state index in [1.54, 1.807) is 12.1 Å². The van der Waals surface area contributed by atoms with Gasteiger partial charge in [-0.1, -0.05) is 61.4 Å². The first-order valence-corrected chi connectivity index (χ1v) is 17.8. The van der Waals surface area contributed by atoms with Crippen LogP contribution in [0.2, 0.25) is 0 Å². The second-order valence-electron chi connectivity index (χ2n) is 12.1. The summed E-state index contributed by atoms with van der Waals surface area (Å²) in [6.07, 6.45) is 4.85. The van der Waals surface area contributed by atoms with Crippen molar-refractivity contribution in [2.45, 2.75) is 77.8 Å². The highest BCUT2D eigenvalue weighted by Gasteiger charge is 2.29. The van der Waals surface area contributed by atoms with Crippen molar-refractivity contribution in [1.29, 1.82) is 5.26 Å². The molecule has 2 aromatic carbocycles. The molecule has 1 aromatic heterocycles. The van der Waals surface area contributed by atoms with Gasteiger partial charge in [0.15, 0.2) is 0 Å². The Morgan fingerprint density at radius 3 is 2.17 bits per heavy atom. The summed E-state index contributed by atoms with van der Waals surface area (Å²) in [4.78, 5) is 29.3. The van der Waals surface area contributed by atoms with E-state index in [0.29, 0.717) is 37.6 Å². The minimum absolute atomic E-state index is 0.0291. The molecular formula is C36H47N6O5P. The lowest BCUT2D eigenvalue weighted by atomic mass is 9.98. The van der Waals surface area contributed by atoms with Crippen LogP contribution in [-0.4, -0.2) is 60.1 Å². The number of nitriles is 1. The summed E-state index contributed by atoms with van der Waals surface area (Å²) in [5.74, 6) is 0.148. The van der Waals surface area contributed by atoms with Crippen LogP contribution in [0, 0.1) is 11.3 Å². The molecule has 0 aliphatic heterocycles. The van der Waals surface area contributed by atoms with Crippen LogP contribution in [0.1, 0.15) is 87.2 Å². The van der Waals surface area contributed by atoms with E-state index in [1.807, 2.05) is 24.3 Å². The average molecular weight is 675 g/mol. The van der Waals surface area contributed by atoms with E-state index in [-0.39, 0.29) is 30.5 Å². The van der Waals surface area contributed by atoms with Gasteiger partial charge in [0, 0.05) is 30.7 Å². The van der Waals surface area contributed by atoms with Crippen LogP contribution < -0.4 is 16.2 Å². The van der Waals surface area contributed by atoms with Gasteiger partial charge in [0.25, 0.3) is 14.4 Å². The van der Waals surface area contributed by atoms with E-state index in [9.17, 15) is 9.59 Å². The van der Waals surface area contributed by atoms with Crippen LogP contribution in [0.5, 0.6) is 0 Å². The van der Waals surface area contributed by atoms with E-state index in [0.717, 1.165) is 36.8 Å². The first-order chi connectivity index (χ1) is 23.3. The lowest BCUT2D eigenvalue weighted by molar-refractivity contribution is 0.0952. The van der Waals surface area contributed by atoms with E-state index in [4.69, 9.17) is 19.0 Å². The highest BCUT2D eigenvalue weighted by atomic mass is 31.2. The number of hydrogen-bond acceptors (Lipinski definition) is 9.